The molecule has 6 heterocycles. The second-order valence-corrected chi connectivity index (χ2v) is 23.2. The van der Waals surface area contributed by atoms with Gasteiger partial charge in [-0.3, -0.25) is 0 Å². The molecule has 0 fully saturated rings. The summed E-state index contributed by atoms with van der Waals surface area (Å²) in [7, 11) is 0. The van der Waals surface area contributed by atoms with Crippen molar-refractivity contribution in [2.24, 2.45) is 0 Å². The van der Waals surface area contributed by atoms with E-state index in [1.807, 2.05) is 0 Å². The third kappa shape index (κ3) is 6.58. The van der Waals surface area contributed by atoms with E-state index in [1.165, 1.54) is 87.8 Å². The summed E-state index contributed by atoms with van der Waals surface area (Å²) in [6.45, 7) is -0.265. The van der Waals surface area contributed by atoms with Gasteiger partial charge in [0, 0.05) is 89.8 Å². The Hall–Kier alpha value is -11.2. The number of aromatic nitrogens is 2. The minimum Gasteiger partial charge on any atom is -0.311 e. The summed E-state index contributed by atoms with van der Waals surface area (Å²) in [6, 6.07) is 113. The second-order valence-electron chi connectivity index (χ2n) is 23.2. The largest absolute Gasteiger partial charge is 0.311 e. The molecular formula is C78H50B2N6. The Morgan fingerprint density at radius 1 is 0.186 bits per heavy atom. The van der Waals surface area contributed by atoms with Gasteiger partial charge >= 0.3 is 0 Å². The van der Waals surface area contributed by atoms with Crippen LogP contribution in [0.15, 0.2) is 303 Å². The summed E-state index contributed by atoms with van der Waals surface area (Å²) in [5.74, 6) is 0. The van der Waals surface area contributed by atoms with Crippen molar-refractivity contribution in [3.63, 3.8) is 0 Å². The average molecular weight is 1090 g/mol. The molecule has 0 aliphatic carbocycles. The van der Waals surface area contributed by atoms with Crippen LogP contribution in [-0.4, -0.2) is 22.6 Å². The van der Waals surface area contributed by atoms with Crippen molar-refractivity contribution >= 4 is 158 Å². The number of rotatable bonds is 6. The molecule has 8 heteroatoms. The quantitative estimate of drug-likeness (QED) is 0.155. The van der Waals surface area contributed by atoms with Gasteiger partial charge in [-0.25, -0.2) is 0 Å². The number of para-hydroxylation sites is 10. The van der Waals surface area contributed by atoms with E-state index in [9.17, 15) is 0 Å². The second kappa shape index (κ2) is 18.1. The smallest absolute Gasteiger partial charge is 0.252 e. The van der Waals surface area contributed by atoms with E-state index in [-0.39, 0.29) is 13.4 Å². The van der Waals surface area contributed by atoms with E-state index in [0.717, 1.165) is 68.2 Å². The molecule has 2 aromatic heterocycles. The highest BCUT2D eigenvalue weighted by Crippen LogP contribution is 2.51. The van der Waals surface area contributed by atoms with Gasteiger partial charge in [0.1, 0.15) is 0 Å². The number of nitrogens with zero attached hydrogens (tertiary/aromatic N) is 6. The summed E-state index contributed by atoms with van der Waals surface area (Å²) in [5, 5.41) is 4.93. The van der Waals surface area contributed by atoms with E-state index < -0.39 is 0 Å². The van der Waals surface area contributed by atoms with Crippen LogP contribution in [0.1, 0.15) is 0 Å². The fourth-order valence-corrected chi connectivity index (χ4v) is 15.4. The van der Waals surface area contributed by atoms with E-state index in [4.69, 9.17) is 0 Å². The average Bonchev–Trinajstić information content (AvgIpc) is 0.816. The molecule has 19 rings (SSSR count). The van der Waals surface area contributed by atoms with Gasteiger partial charge < -0.3 is 28.7 Å². The molecule has 4 aliphatic heterocycles. The van der Waals surface area contributed by atoms with Crippen molar-refractivity contribution in [1.82, 2.24) is 9.13 Å². The summed E-state index contributed by atoms with van der Waals surface area (Å²) in [5.41, 5.74) is 28.3. The van der Waals surface area contributed by atoms with Gasteiger partial charge in [0.05, 0.1) is 33.4 Å². The van der Waals surface area contributed by atoms with Crippen molar-refractivity contribution in [3.8, 4) is 11.4 Å². The predicted molar refractivity (Wildman–Crippen MR) is 363 cm³/mol. The summed E-state index contributed by atoms with van der Waals surface area (Å²) in [4.78, 5) is 10.2. The van der Waals surface area contributed by atoms with Crippen molar-refractivity contribution in [2.75, 3.05) is 19.6 Å². The molecule has 6 nitrogen and oxygen atoms in total. The summed E-state index contributed by atoms with van der Waals surface area (Å²) >= 11 is 0. The Kier molecular flexibility index (Phi) is 9.98. The molecule has 0 bridgehead atoms. The van der Waals surface area contributed by atoms with Crippen molar-refractivity contribution in [2.45, 2.75) is 0 Å². The maximum absolute atomic E-state index is 2.64. The van der Waals surface area contributed by atoms with Crippen molar-refractivity contribution in [3.05, 3.63) is 303 Å². The topological polar surface area (TPSA) is 22.8 Å². The monoisotopic (exact) mass is 1090 g/mol. The molecule has 0 unspecified atom stereocenters. The van der Waals surface area contributed by atoms with E-state index in [2.05, 4.69) is 332 Å². The summed E-state index contributed by atoms with van der Waals surface area (Å²) in [6.07, 6.45) is 0. The Morgan fingerprint density at radius 3 is 0.779 bits per heavy atom. The lowest BCUT2D eigenvalue weighted by Gasteiger charge is -2.47. The highest BCUT2D eigenvalue weighted by atomic mass is 15.2. The minimum atomic E-state index is -0.132. The molecule has 0 atom stereocenters. The van der Waals surface area contributed by atoms with E-state index in [0.29, 0.717) is 0 Å². The first-order valence-electron chi connectivity index (χ1n) is 29.8. The van der Waals surface area contributed by atoms with Crippen LogP contribution in [0, 0.1) is 0 Å². The first kappa shape index (κ1) is 47.3. The number of hydrogen-bond acceptors (Lipinski definition) is 4. The summed E-state index contributed by atoms with van der Waals surface area (Å²) < 4.78 is 4.98. The zero-order chi connectivity index (χ0) is 56.1. The molecule has 4 aliphatic rings. The van der Waals surface area contributed by atoms with E-state index in [1.54, 1.807) is 0 Å². The van der Waals surface area contributed by atoms with Crippen LogP contribution in [0.4, 0.5) is 68.2 Å². The number of anilines is 12. The molecule has 15 aromatic rings. The number of benzene rings is 13. The third-order valence-electron chi connectivity index (χ3n) is 18.8. The normalized spacial score (nSPS) is 13.4. The Balaban J connectivity index is 0.950. The van der Waals surface area contributed by atoms with Crippen LogP contribution >= 0.6 is 0 Å². The maximum Gasteiger partial charge on any atom is 0.252 e. The Bertz CT molecular complexity index is 4860. The molecule has 0 spiro atoms. The fourth-order valence-electron chi connectivity index (χ4n) is 15.4. The zero-order valence-electron chi connectivity index (χ0n) is 46.7. The first-order chi connectivity index (χ1) is 42.7. The SMILES string of the molecule is c1ccc(N2c3ccccc3B3c4cc5c(cc4N(c4ccccc4)c4cc(-n6c7ccccc7c7ccccc76)cc2c43)N(c2ccccc2)c2cc(-n3c4ccccc4c4ccccc43)cc3c2B5c2ccccc2N3c2ccccc2)cc1. The Morgan fingerprint density at radius 2 is 0.453 bits per heavy atom. The van der Waals surface area contributed by atoms with Crippen LogP contribution in [0.3, 0.4) is 0 Å². The van der Waals surface area contributed by atoms with Gasteiger partial charge in [-0.2, -0.15) is 0 Å². The molecule has 0 saturated carbocycles. The molecule has 0 N–H and O–H groups in total. The van der Waals surface area contributed by atoms with Gasteiger partial charge in [0.25, 0.3) is 13.4 Å². The fraction of sp³-hybridized carbons (Fsp3) is 0. The van der Waals surface area contributed by atoms with Crippen molar-refractivity contribution in [1.29, 1.82) is 0 Å². The lowest BCUT2D eigenvalue weighted by molar-refractivity contribution is 1.16. The van der Waals surface area contributed by atoms with Gasteiger partial charge in [-0.05, 0) is 148 Å². The zero-order valence-corrected chi connectivity index (χ0v) is 46.7. The molecule has 0 amide bonds. The van der Waals surface area contributed by atoms with Crippen molar-refractivity contribution < 1.29 is 0 Å². The predicted octanol–water partition coefficient (Wildman–Crippen LogP) is 16.0. The van der Waals surface area contributed by atoms with Crippen LogP contribution < -0.4 is 52.4 Å². The molecule has 13 aromatic carbocycles. The molecule has 86 heavy (non-hydrogen) atoms. The first-order valence-corrected chi connectivity index (χ1v) is 29.8. The molecule has 0 saturated heterocycles. The van der Waals surface area contributed by atoms with Gasteiger partial charge in [-0.1, -0.05) is 188 Å². The van der Waals surface area contributed by atoms with Crippen LogP contribution in [0.25, 0.3) is 55.0 Å². The maximum atomic E-state index is 2.64. The van der Waals surface area contributed by atoms with Crippen LogP contribution in [0.5, 0.6) is 0 Å². The molecular weight excluding hydrogens is 1040 g/mol. The highest BCUT2D eigenvalue weighted by molar-refractivity contribution is 7.03. The lowest BCUT2D eigenvalue weighted by Crippen LogP contribution is -2.65. The number of hydrogen-bond donors (Lipinski definition) is 0. The standard InChI is InChI=1S/C78H50B2N6/c1-5-25-51(26-6-1)81-69-43-23-17-37-61(69)79-63-49-64-72(50-71(63)83(53-29-9-3-10-30-53)75-47-55(45-73(81)77(75)79)85-65-39-19-13-33-57(65)58-34-14-20-40-66(58)85)84(54-31-11-4-12-32-54)76-48-56(86-67-41-21-15-35-59(67)60-36-16-22-42-68(60)86)46-74-78(76)80(64)62-38-18-24-44-70(62)82(74)52-27-7-2-8-28-52/h1-50H. The molecule has 398 valence electrons. The van der Waals surface area contributed by atoms with Gasteiger partial charge in [0.15, 0.2) is 0 Å². The minimum absolute atomic E-state index is 0.132. The Labute approximate surface area is 498 Å². The van der Waals surface area contributed by atoms with Crippen LogP contribution in [-0.2, 0) is 0 Å². The van der Waals surface area contributed by atoms with Crippen LogP contribution in [0.2, 0.25) is 0 Å². The van der Waals surface area contributed by atoms with Gasteiger partial charge in [-0.15, -0.1) is 0 Å². The highest BCUT2D eigenvalue weighted by Gasteiger charge is 2.49. The third-order valence-corrected chi connectivity index (χ3v) is 18.8. The lowest BCUT2D eigenvalue weighted by atomic mass is 9.30. The van der Waals surface area contributed by atoms with E-state index >= 15 is 0 Å². The molecule has 0 radical (unpaired) electrons. The van der Waals surface area contributed by atoms with Gasteiger partial charge in [0.2, 0.25) is 0 Å². The number of fused-ring (bicyclic) bond motifs is 14.